The Kier molecular flexibility index (Phi) is 6.24. The van der Waals surface area contributed by atoms with Gasteiger partial charge < -0.3 is 5.32 Å². The first-order valence-corrected chi connectivity index (χ1v) is 14.9. The van der Waals surface area contributed by atoms with Gasteiger partial charge >= 0.3 is 6.18 Å². The predicted octanol–water partition coefficient (Wildman–Crippen LogP) is 7.21. The Balaban J connectivity index is 1.60. The molecule has 0 heterocycles. The van der Waals surface area contributed by atoms with Gasteiger partial charge in [0.05, 0.1) is 5.41 Å². The van der Waals surface area contributed by atoms with E-state index in [1.807, 2.05) is 6.08 Å². The highest BCUT2D eigenvalue weighted by Gasteiger charge is 2.70. The molecule has 4 fully saturated rings. The zero-order valence-electron chi connectivity index (χ0n) is 24.7. The van der Waals surface area contributed by atoms with Crippen LogP contribution in [0.25, 0.3) is 0 Å². The summed E-state index contributed by atoms with van der Waals surface area (Å²) in [6.07, 6.45) is 3.51. The maximum atomic E-state index is 14.4. The quantitative estimate of drug-likeness (QED) is 0.396. The largest absolute Gasteiger partial charge is 0.405 e. The van der Waals surface area contributed by atoms with Crippen molar-refractivity contribution < 1.29 is 27.6 Å². The molecular formula is C32H46F3NO3. The molecule has 0 bridgehead atoms. The van der Waals surface area contributed by atoms with Crippen LogP contribution in [-0.4, -0.2) is 30.2 Å². The molecule has 5 rings (SSSR count). The maximum absolute atomic E-state index is 14.4. The highest BCUT2D eigenvalue weighted by Crippen LogP contribution is 2.74. The minimum Gasteiger partial charge on any atom is -0.346 e. The van der Waals surface area contributed by atoms with Crippen molar-refractivity contribution in [3.63, 3.8) is 0 Å². The lowest BCUT2D eigenvalue weighted by molar-refractivity contribution is -0.183. The molecule has 1 amide bonds. The van der Waals surface area contributed by atoms with Crippen LogP contribution in [0.2, 0.25) is 0 Å². The molecule has 4 saturated carbocycles. The molecule has 4 nitrogen and oxygen atoms in total. The van der Waals surface area contributed by atoms with Crippen molar-refractivity contribution in [3.05, 3.63) is 11.6 Å². The van der Waals surface area contributed by atoms with Gasteiger partial charge in [0.15, 0.2) is 5.78 Å². The zero-order chi connectivity index (χ0) is 29.0. The predicted molar refractivity (Wildman–Crippen MR) is 144 cm³/mol. The van der Waals surface area contributed by atoms with Crippen LogP contribution < -0.4 is 5.32 Å². The summed E-state index contributed by atoms with van der Waals surface area (Å²) >= 11 is 0. The van der Waals surface area contributed by atoms with Crippen LogP contribution in [-0.2, 0) is 14.4 Å². The summed E-state index contributed by atoms with van der Waals surface area (Å²) in [6.45, 7) is 13.9. The van der Waals surface area contributed by atoms with E-state index < -0.39 is 40.8 Å². The number of fused-ring (bicyclic) bond motifs is 7. The lowest BCUT2D eigenvalue weighted by atomic mass is 9.34. The van der Waals surface area contributed by atoms with Crippen molar-refractivity contribution in [1.82, 2.24) is 5.32 Å². The third-order valence-electron chi connectivity index (χ3n) is 13.0. The fraction of sp³-hybridized carbons (Fsp3) is 0.844. The second kappa shape index (κ2) is 8.44. The van der Waals surface area contributed by atoms with Gasteiger partial charge in [-0.3, -0.25) is 14.4 Å². The smallest absolute Gasteiger partial charge is 0.346 e. The van der Waals surface area contributed by atoms with Crippen molar-refractivity contribution in [1.29, 1.82) is 0 Å². The minimum absolute atomic E-state index is 0.0388. The number of halogens is 3. The first-order valence-electron chi connectivity index (χ1n) is 14.9. The summed E-state index contributed by atoms with van der Waals surface area (Å²) < 4.78 is 39.3. The molecule has 39 heavy (non-hydrogen) atoms. The topological polar surface area (TPSA) is 63.2 Å². The third-order valence-corrected chi connectivity index (χ3v) is 13.0. The number of hydrogen-bond donors (Lipinski definition) is 1. The van der Waals surface area contributed by atoms with E-state index in [0.717, 1.165) is 25.7 Å². The van der Waals surface area contributed by atoms with Crippen molar-refractivity contribution in [3.8, 4) is 0 Å². The fourth-order valence-corrected chi connectivity index (χ4v) is 10.6. The minimum atomic E-state index is -4.48. The number of alkyl halides is 3. The number of allylic oxidation sites excluding steroid dienone is 2. The first-order chi connectivity index (χ1) is 17.7. The molecule has 0 radical (unpaired) electrons. The summed E-state index contributed by atoms with van der Waals surface area (Å²) in [7, 11) is 0. The van der Waals surface area contributed by atoms with E-state index in [1.54, 1.807) is 0 Å². The number of Topliss-reactive ketones (excluding diaryl/α,β-unsaturated/α-hetero) is 1. The lowest BCUT2D eigenvalue weighted by Gasteiger charge is -2.69. The van der Waals surface area contributed by atoms with Crippen molar-refractivity contribution in [2.75, 3.05) is 6.54 Å². The number of nitrogens with one attached hydrogen (secondary N) is 1. The summed E-state index contributed by atoms with van der Waals surface area (Å²) in [4.78, 5) is 40.9. The molecule has 5 aliphatic rings. The highest BCUT2D eigenvalue weighted by atomic mass is 19.4. The monoisotopic (exact) mass is 549 g/mol. The molecular weight excluding hydrogens is 503 g/mol. The van der Waals surface area contributed by atoms with Crippen LogP contribution in [0.15, 0.2) is 11.6 Å². The van der Waals surface area contributed by atoms with Crippen molar-refractivity contribution in [2.24, 2.45) is 50.2 Å². The van der Waals surface area contributed by atoms with Crippen molar-refractivity contribution >= 4 is 17.5 Å². The van der Waals surface area contributed by atoms with Gasteiger partial charge in [-0.05, 0) is 90.9 Å². The van der Waals surface area contributed by atoms with Crippen LogP contribution in [0.4, 0.5) is 13.2 Å². The van der Waals surface area contributed by atoms with E-state index in [-0.39, 0.29) is 33.9 Å². The van der Waals surface area contributed by atoms with Crippen molar-refractivity contribution in [2.45, 2.75) is 112 Å². The van der Waals surface area contributed by atoms with Crippen LogP contribution in [0.5, 0.6) is 0 Å². The molecule has 218 valence electrons. The number of ketones is 2. The Labute approximate surface area is 231 Å². The second-order valence-corrected chi connectivity index (χ2v) is 15.8. The molecule has 0 aliphatic heterocycles. The molecule has 7 atom stereocenters. The number of amides is 1. The number of carbonyl (C=O) groups excluding carboxylic acids is 3. The van der Waals surface area contributed by atoms with Gasteiger partial charge in [-0.25, -0.2) is 0 Å². The van der Waals surface area contributed by atoms with Gasteiger partial charge in [0.1, 0.15) is 12.3 Å². The number of carbonyl (C=O) groups is 3. The van der Waals surface area contributed by atoms with E-state index in [1.165, 1.54) is 5.57 Å². The molecule has 0 aromatic carbocycles. The second-order valence-electron chi connectivity index (χ2n) is 15.8. The van der Waals surface area contributed by atoms with Gasteiger partial charge in [0.25, 0.3) is 0 Å². The highest BCUT2D eigenvalue weighted by molar-refractivity contribution is 5.97. The van der Waals surface area contributed by atoms with Gasteiger partial charge in [-0.2, -0.15) is 13.2 Å². The SMILES string of the molecule is CC1(C)CC[C@]2(C(=O)NCC(F)(F)F)CC[C@]3(C)[C@H](C(=O)C=C4[C@@]5(C)CCC(=O)C(C)(C)[C@@H]5CC[C@]43C)[C@@H]2C1. The third kappa shape index (κ3) is 3.94. The molecule has 0 unspecified atom stereocenters. The molecule has 5 aliphatic carbocycles. The molecule has 0 saturated heterocycles. The summed E-state index contributed by atoms with van der Waals surface area (Å²) in [5.74, 6) is -0.727. The average molecular weight is 550 g/mol. The fourth-order valence-electron chi connectivity index (χ4n) is 10.6. The molecule has 7 heteroatoms. The maximum Gasteiger partial charge on any atom is 0.405 e. The Bertz CT molecular complexity index is 1140. The van der Waals surface area contributed by atoms with Gasteiger partial charge in [-0.15, -0.1) is 0 Å². The molecule has 0 spiro atoms. The molecule has 0 aromatic heterocycles. The Morgan fingerprint density at radius 3 is 2.23 bits per heavy atom. The molecule has 1 N–H and O–H groups in total. The Hall–Kier alpha value is -1.66. The van der Waals surface area contributed by atoms with Crippen LogP contribution in [0.3, 0.4) is 0 Å². The number of rotatable bonds is 2. The van der Waals surface area contributed by atoms with Gasteiger partial charge in [0.2, 0.25) is 5.91 Å². The van der Waals surface area contributed by atoms with Crippen LogP contribution in [0, 0.1) is 50.2 Å². The van der Waals surface area contributed by atoms with E-state index in [4.69, 9.17) is 0 Å². The first kappa shape index (κ1) is 28.9. The zero-order valence-corrected chi connectivity index (χ0v) is 24.7. The molecule has 0 aromatic rings. The summed E-state index contributed by atoms with van der Waals surface area (Å²) in [5.41, 5.74) is -1.25. The Morgan fingerprint density at radius 2 is 1.59 bits per heavy atom. The number of hydrogen-bond acceptors (Lipinski definition) is 3. The van der Waals surface area contributed by atoms with Gasteiger partial charge in [0, 0.05) is 17.8 Å². The summed E-state index contributed by atoms with van der Waals surface area (Å²) in [6, 6.07) is 0. The van der Waals surface area contributed by atoms with E-state index in [0.29, 0.717) is 37.9 Å². The van der Waals surface area contributed by atoms with Gasteiger partial charge in [-0.1, -0.05) is 54.0 Å². The average Bonchev–Trinajstić information content (AvgIpc) is 2.81. The van der Waals surface area contributed by atoms with Crippen LogP contribution >= 0.6 is 0 Å². The normalized spacial score (nSPS) is 44.8. The van der Waals surface area contributed by atoms with E-state index in [9.17, 15) is 27.6 Å². The Morgan fingerprint density at radius 1 is 0.949 bits per heavy atom. The lowest BCUT2D eigenvalue weighted by Crippen LogP contribution is -2.67. The summed E-state index contributed by atoms with van der Waals surface area (Å²) in [5, 5.41) is 2.23. The standard InChI is InChI=1S/C32H46F3NO3/c1-26(2)12-14-31(25(39)36-18-32(33,34)35)15-13-30(7)24(19(31)17-26)20(37)16-22-28(5)10-9-23(38)27(3,4)21(28)8-11-29(22,30)6/h16,19,21,24H,8-15,17-18H2,1-7H3,(H,36,39)/t19-,21-,24-,28-,29+,30+,31-/m0/s1. The van der Waals surface area contributed by atoms with E-state index >= 15 is 0 Å². The van der Waals surface area contributed by atoms with E-state index in [2.05, 4.69) is 53.8 Å². The van der Waals surface area contributed by atoms with Crippen LogP contribution in [0.1, 0.15) is 106 Å².